The molecule has 1 saturated carbocycles. The summed E-state index contributed by atoms with van der Waals surface area (Å²) in [6, 6.07) is 4.22. The van der Waals surface area contributed by atoms with Gasteiger partial charge in [0.15, 0.2) is 0 Å². The number of aromatic nitrogens is 1. The highest BCUT2D eigenvalue weighted by Crippen LogP contribution is 2.31. The van der Waals surface area contributed by atoms with Gasteiger partial charge in [-0.15, -0.1) is 0 Å². The van der Waals surface area contributed by atoms with Gasteiger partial charge in [-0.25, -0.2) is 4.98 Å². The number of rotatable bonds is 3. The summed E-state index contributed by atoms with van der Waals surface area (Å²) < 4.78 is 0. The molecule has 1 heterocycles. The number of hydrogen-bond donors (Lipinski definition) is 2. The molecule has 3 heteroatoms. The minimum Gasteiger partial charge on any atom is -0.396 e. The second kappa shape index (κ2) is 3.86. The summed E-state index contributed by atoms with van der Waals surface area (Å²) in [4.78, 5) is 4.22. The fraction of sp³-hybridized carbons (Fsp3) is 0.545. The molecule has 1 aromatic rings. The molecule has 1 unspecified atom stereocenters. The predicted octanol–water partition coefficient (Wildman–Crippen LogP) is 2.26. The third-order valence-electron chi connectivity index (χ3n) is 3.06. The number of nitrogens with two attached hydrogens (primary N) is 1. The van der Waals surface area contributed by atoms with E-state index in [4.69, 9.17) is 5.73 Å². The maximum Gasteiger partial charge on any atom is 0.149 e. The van der Waals surface area contributed by atoms with E-state index in [9.17, 15) is 0 Å². The van der Waals surface area contributed by atoms with Gasteiger partial charge in [0.25, 0.3) is 0 Å². The highest BCUT2D eigenvalue weighted by Gasteiger charge is 2.24. The van der Waals surface area contributed by atoms with Crippen molar-refractivity contribution < 1.29 is 0 Å². The topological polar surface area (TPSA) is 50.9 Å². The van der Waals surface area contributed by atoms with Crippen molar-refractivity contribution in [3.05, 3.63) is 18.3 Å². The van der Waals surface area contributed by atoms with Crippen LogP contribution in [0.1, 0.15) is 26.2 Å². The average molecular weight is 191 g/mol. The molecule has 76 valence electrons. The number of nitrogens with one attached hydrogen (secondary N) is 1. The average Bonchev–Trinajstić information content (AvgIpc) is 2.05. The minimum atomic E-state index is 0.487. The third kappa shape index (κ3) is 1.81. The molecule has 0 spiro atoms. The van der Waals surface area contributed by atoms with Crippen molar-refractivity contribution >= 4 is 11.5 Å². The first-order valence-corrected chi connectivity index (χ1v) is 5.24. The maximum absolute atomic E-state index is 5.80. The van der Waals surface area contributed by atoms with Gasteiger partial charge in [0.1, 0.15) is 5.82 Å². The Morgan fingerprint density at radius 1 is 1.57 bits per heavy atom. The SMILES string of the molecule is CC(Nc1ncccc1N)C1CCC1. The Balaban J connectivity index is 1.99. The summed E-state index contributed by atoms with van der Waals surface area (Å²) in [5.41, 5.74) is 6.54. The fourth-order valence-corrected chi connectivity index (χ4v) is 1.81. The highest BCUT2D eigenvalue weighted by molar-refractivity contribution is 5.60. The summed E-state index contributed by atoms with van der Waals surface area (Å²) in [6.45, 7) is 2.21. The van der Waals surface area contributed by atoms with Crippen LogP contribution >= 0.6 is 0 Å². The first-order chi connectivity index (χ1) is 6.77. The lowest BCUT2D eigenvalue weighted by atomic mass is 9.80. The molecule has 3 nitrogen and oxygen atoms in total. The lowest BCUT2D eigenvalue weighted by Gasteiger charge is -2.32. The zero-order valence-corrected chi connectivity index (χ0v) is 8.53. The molecule has 1 atom stereocenters. The lowest BCUT2D eigenvalue weighted by molar-refractivity contribution is 0.285. The van der Waals surface area contributed by atoms with Crippen LogP contribution in [0.25, 0.3) is 0 Å². The second-order valence-corrected chi connectivity index (χ2v) is 4.07. The number of hydrogen-bond acceptors (Lipinski definition) is 3. The van der Waals surface area contributed by atoms with Crippen LogP contribution < -0.4 is 11.1 Å². The molecule has 0 radical (unpaired) electrons. The van der Waals surface area contributed by atoms with Crippen LogP contribution in [0.3, 0.4) is 0 Å². The van der Waals surface area contributed by atoms with Gasteiger partial charge in [0.05, 0.1) is 5.69 Å². The smallest absolute Gasteiger partial charge is 0.149 e. The molecule has 0 amide bonds. The molecule has 1 fully saturated rings. The number of pyridine rings is 1. The van der Waals surface area contributed by atoms with Gasteiger partial charge in [0.2, 0.25) is 0 Å². The van der Waals surface area contributed by atoms with Gasteiger partial charge >= 0.3 is 0 Å². The van der Waals surface area contributed by atoms with Gasteiger partial charge < -0.3 is 11.1 Å². The Bertz CT molecular complexity index is 307. The Morgan fingerprint density at radius 2 is 2.36 bits per heavy atom. The van der Waals surface area contributed by atoms with E-state index in [1.54, 1.807) is 6.20 Å². The van der Waals surface area contributed by atoms with Crippen LogP contribution in [-0.2, 0) is 0 Å². The molecule has 0 saturated heterocycles. The van der Waals surface area contributed by atoms with Crippen LogP contribution in [0.2, 0.25) is 0 Å². The maximum atomic E-state index is 5.80. The number of anilines is 2. The predicted molar refractivity (Wildman–Crippen MR) is 59.1 cm³/mol. The van der Waals surface area contributed by atoms with Crippen molar-refractivity contribution in [2.24, 2.45) is 5.92 Å². The Labute approximate surface area is 84.7 Å². The first-order valence-electron chi connectivity index (χ1n) is 5.24. The van der Waals surface area contributed by atoms with E-state index >= 15 is 0 Å². The Hall–Kier alpha value is -1.25. The molecule has 0 aliphatic heterocycles. The lowest BCUT2D eigenvalue weighted by Crippen LogP contribution is -2.31. The standard InChI is InChI=1S/C11H17N3/c1-8(9-4-2-5-9)14-11-10(12)6-3-7-13-11/h3,6-9H,2,4-5,12H2,1H3,(H,13,14). The van der Waals surface area contributed by atoms with Crippen LogP contribution in [0.5, 0.6) is 0 Å². The first kappa shape index (κ1) is 9.31. The van der Waals surface area contributed by atoms with E-state index in [1.165, 1.54) is 19.3 Å². The highest BCUT2D eigenvalue weighted by atomic mass is 15.0. The van der Waals surface area contributed by atoms with Gasteiger partial charge in [0, 0.05) is 12.2 Å². The molecular formula is C11H17N3. The summed E-state index contributed by atoms with van der Waals surface area (Å²) >= 11 is 0. The molecule has 3 N–H and O–H groups in total. The Morgan fingerprint density at radius 3 is 2.93 bits per heavy atom. The van der Waals surface area contributed by atoms with Crippen LogP contribution in [0.15, 0.2) is 18.3 Å². The van der Waals surface area contributed by atoms with Gasteiger partial charge in [-0.2, -0.15) is 0 Å². The quantitative estimate of drug-likeness (QED) is 0.770. The third-order valence-corrected chi connectivity index (χ3v) is 3.06. The molecule has 1 aliphatic rings. The van der Waals surface area contributed by atoms with Crippen LogP contribution in [0.4, 0.5) is 11.5 Å². The molecule has 14 heavy (non-hydrogen) atoms. The molecule has 1 aromatic heterocycles. The normalized spacial score (nSPS) is 18.6. The second-order valence-electron chi connectivity index (χ2n) is 4.07. The van der Waals surface area contributed by atoms with E-state index in [2.05, 4.69) is 17.2 Å². The van der Waals surface area contributed by atoms with Crippen molar-refractivity contribution in [2.75, 3.05) is 11.1 Å². The molecule has 0 bridgehead atoms. The van der Waals surface area contributed by atoms with Crippen molar-refractivity contribution in [3.8, 4) is 0 Å². The van der Waals surface area contributed by atoms with Crippen molar-refractivity contribution in [3.63, 3.8) is 0 Å². The molecule has 2 rings (SSSR count). The fourth-order valence-electron chi connectivity index (χ4n) is 1.81. The van der Waals surface area contributed by atoms with E-state index < -0.39 is 0 Å². The molecule has 1 aliphatic carbocycles. The summed E-state index contributed by atoms with van der Waals surface area (Å²) in [5, 5.41) is 3.38. The zero-order chi connectivity index (χ0) is 9.97. The van der Waals surface area contributed by atoms with Crippen LogP contribution in [0, 0.1) is 5.92 Å². The van der Waals surface area contributed by atoms with Gasteiger partial charge in [-0.3, -0.25) is 0 Å². The van der Waals surface area contributed by atoms with E-state index in [0.29, 0.717) is 6.04 Å². The van der Waals surface area contributed by atoms with Crippen molar-refractivity contribution in [2.45, 2.75) is 32.2 Å². The molecular weight excluding hydrogens is 174 g/mol. The molecule has 0 aromatic carbocycles. The van der Waals surface area contributed by atoms with Crippen molar-refractivity contribution in [1.82, 2.24) is 4.98 Å². The summed E-state index contributed by atoms with van der Waals surface area (Å²) in [6.07, 6.45) is 5.81. The van der Waals surface area contributed by atoms with E-state index in [0.717, 1.165) is 17.4 Å². The van der Waals surface area contributed by atoms with Gasteiger partial charge in [-0.1, -0.05) is 6.42 Å². The van der Waals surface area contributed by atoms with Gasteiger partial charge in [-0.05, 0) is 37.8 Å². The van der Waals surface area contributed by atoms with E-state index in [-0.39, 0.29) is 0 Å². The van der Waals surface area contributed by atoms with Crippen LogP contribution in [-0.4, -0.2) is 11.0 Å². The van der Waals surface area contributed by atoms with Crippen molar-refractivity contribution in [1.29, 1.82) is 0 Å². The summed E-state index contributed by atoms with van der Waals surface area (Å²) in [5.74, 6) is 1.63. The van der Waals surface area contributed by atoms with E-state index in [1.807, 2.05) is 12.1 Å². The number of nitrogens with zero attached hydrogens (tertiary/aromatic N) is 1. The minimum absolute atomic E-state index is 0.487. The summed E-state index contributed by atoms with van der Waals surface area (Å²) in [7, 11) is 0. The monoisotopic (exact) mass is 191 g/mol. The largest absolute Gasteiger partial charge is 0.396 e. The number of nitrogen functional groups attached to an aromatic ring is 1. The Kier molecular flexibility index (Phi) is 2.57. The zero-order valence-electron chi connectivity index (χ0n) is 8.53.